The van der Waals surface area contributed by atoms with Gasteiger partial charge in [0.25, 0.3) is 0 Å². The van der Waals surface area contributed by atoms with E-state index in [1.807, 2.05) is 30.3 Å². The molecule has 0 radical (unpaired) electrons. The number of aliphatic hydroxyl groups excluding tert-OH is 1. The third kappa shape index (κ3) is 3.82. The predicted molar refractivity (Wildman–Crippen MR) is 76.4 cm³/mol. The van der Waals surface area contributed by atoms with E-state index in [1.54, 1.807) is 12.1 Å². The van der Waals surface area contributed by atoms with Crippen LogP contribution in [-0.4, -0.2) is 26.4 Å². The highest BCUT2D eigenvalue weighted by Gasteiger charge is 2.09. The lowest BCUT2D eigenvalue weighted by Gasteiger charge is -2.12. The van der Waals surface area contributed by atoms with E-state index in [2.05, 4.69) is 0 Å². The van der Waals surface area contributed by atoms with Gasteiger partial charge in [-0.3, -0.25) is 0 Å². The maximum absolute atomic E-state index is 11.3. The third-order valence-corrected chi connectivity index (χ3v) is 3.97. The molecule has 2 aromatic carbocycles. The van der Waals surface area contributed by atoms with Crippen molar-refractivity contribution in [1.82, 2.24) is 0 Å². The number of hydrogen-bond donors (Lipinski definition) is 1. The minimum absolute atomic E-state index is 0.113. The molecule has 0 aliphatic rings. The molecule has 2 aromatic rings. The molecule has 1 N–H and O–H groups in total. The second kappa shape index (κ2) is 6.07. The van der Waals surface area contributed by atoms with Crippen LogP contribution in [0.5, 0.6) is 5.75 Å². The van der Waals surface area contributed by atoms with Gasteiger partial charge in [-0.25, -0.2) is 8.42 Å². The summed E-state index contributed by atoms with van der Waals surface area (Å²) in [6.07, 6.45) is 0.438. The summed E-state index contributed by atoms with van der Waals surface area (Å²) in [5, 5.41) is 9.94. The van der Waals surface area contributed by atoms with E-state index in [0.29, 0.717) is 5.75 Å². The maximum atomic E-state index is 11.3. The molecule has 0 aliphatic heterocycles. The van der Waals surface area contributed by atoms with Crippen molar-refractivity contribution in [3.05, 3.63) is 60.2 Å². The van der Waals surface area contributed by atoms with Crippen LogP contribution in [0, 0.1) is 0 Å². The molecule has 0 aromatic heterocycles. The summed E-state index contributed by atoms with van der Waals surface area (Å²) in [5.41, 5.74) is 0.778. The normalized spacial score (nSPS) is 12.9. The molecule has 0 saturated heterocycles. The van der Waals surface area contributed by atoms with Crippen molar-refractivity contribution in [2.24, 2.45) is 0 Å². The number of ether oxygens (including phenoxy) is 1. The average molecular weight is 292 g/mol. The number of hydrogen-bond acceptors (Lipinski definition) is 4. The van der Waals surface area contributed by atoms with Crippen LogP contribution in [0.1, 0.15) is 11.7 Å². The zero-order valence-electron chi connectivity index (χ0n) is 11.1. The molecule has 0 heterocycles. The summed E-state index contributed by atoms with van der Waals surface area (Å²) in [7, 11) is -3.20. The van der Waals surface area contributed by atoms with Crippen molar-refractivity contribution in [2.75, 3.05) is 12.9 Å². The third-order valence-electron chi connectivity index (χ3n) is 2.84. The monoisotopic (exact) mass is 292 g/mol. The van der Waals surface area contributed by atoms with E-state index in [0.717, 1.165) is 11.8 Å². The maximum Gasteiger partial charge on any atom is 0.175 e. The highest BCUT2D eigenvalue weighted by molar-refractivity contribution is 7.90. The van der Waals surface area contributed by atoms with E-state index in [1.165, 1.54) is 12.1 Å². The molecule has 5 heteroatoms. The molecule has 106 valence electrons. The van der Waals surface area contributed by atoms with E-state index in [-0.39, 0.29) is 11.5 Å². The molecule has 0 saturated carbocycles. The molecule has 0 fully saturated rings. The zero-order valence-corrected chi connectivity index (χ0v) is 11.9. The van der Waals surface area contributed by atoms with Crippen molar-refractivity contribution in [1.29, 1.82) is 0 Å². The van der Waals surface area contributed by atoms with Crippen molar-refractivity contribution in [3.63, 3.8) is 0 Å². The van der Waals surface area contributed by atoms with Gasteiger partial charge in [0.2, 0.25) is 0 Å². The summed E-state index contributed by atoms with van der Waals surface area (Å²) in [6.45, 7) is 0.113. The van der Waals surface area contributed by atoms with Gasteiger partial charge in [-0.2, -0.15) is 0 Å². The van der Waals surface area contributed by atoms with Gasteiger partial charge in [-0.15, -0.1) is 0 Å². The van der Waals surface area contributed by atoms with Crippen LogP contribution in [0.15, 0.2) is 59.5 Å². The average Bonchev–Trinajstić information content (AvgIpc) is 2.45. The molecule has 0 amide bonds. The van der Waals surface area contributed by atoms with Gasteiger partial charge in [-0.1, -0.05) is 30.3 Å². The van der Waals surface area contributed by atoms with Gasteiger partial charge in [0.15, 0.2) is 9.84 Å². The molecule has 20 heavy (non-hydrogen) atoms. The standard InChI is InChI=1S/C15H16O4S/c1-20(17,18)14-9-7-13(8-10-14)19-11-15(16)12-5-3-2-4-6-12/h2-10,15-16H,11H2,1H3. The Balaban J connectivity index is 1.98. The van der Waals surface area contributed by atoms with E-state index in [4.69, 9.17) is 4.74 Å². The number of sulfone groups is 1. The summed E-state index contributed by atoms with van der Waals surface area (Å²) in [4.78, 5) is 0.244. The lowest BCUT2D eigenvalue weighted by Crippen LogP contribution is -2.09. The smallest absolute Gasteiger partial charge is 0.175 e. The second-order valence-corrected chi connectivity index (χ2v) is 6.50. The Hall–Kier alpha value is -1.85. The first-order valence-electron chi connectivity index (χ1n) is 6.13. The highest BCUT2D eigenvalue weighted by atomic mass is 32.2. The minimum atomic E-state index is -3.20. The van der Waals surface area contributed by atoms with Crippen molar-refractivity contribution in [2.45, 2.75) is 11.0 Å². The molecule has 0 bridgehead atoms. The second-order valence-electron chi connectivity index (χ2n) is 4.48. The summed E-state index contributed by atoms with van der Waals surface area (Å²) < 4.78 is 28.1. The SMILES string of the molecule is CS(=O)(=O)c1ccc(OCC(O)c2ccccc2)cc1. The van der Waals surface area contributed by atoms with E-state index < -0.39 is 15.9 Å². The van der Waals surface area contributed by atoms with Crippen molar-refractivity contribution in [3.8, 4) is 5.75 Å². The summed E-state index contributed by atoms with van der Waals surface area (Å²) >= 11 is 0. The lowest BCUT2D eigenvalue weighted by atomic mass is 10.1. The van der Waals surface area contributed by atoms with Crippen LogP contribution in [0.25, 0.3) is 0 Å². The Kier molecular flexibility index (Phi) is 4.42. The molecule has 4 nitrogen and oxygen atoms in total. The quantitative estimate of drug-likeness (QED) is 0.917. The molecule has 0 aliphatic carbocycles. The van der Waals surface area contributed by atoms with Gasteiger partial charge in [0, 0.05) is 6.26 Å². The fourth-order valence-corrected chi connectivity index (χ4v) is 2.36. The van der Waals surface area contributed by atoms with Gasteiger partial charge >= 0.3 is 0 Å². The minimum Gasteiger partial charge on any atom is -0.491 e. The molecule has 0 spiro atoms. The van der Waals surface area contributed by atoms with Gasteiger partial charge < -0.3 is 9.84 Å². The van der Waals surface area contributed by atoms with Crippen LogP contribution >= 0.6 is 0 Å². The number of benzene rings is 2. The van der Waals surface area contributed by atoms with Crippen LogP contribution in [0.4, 0.5) is 0 Å². The summed E-state index contributed by atoms with van der Waals surface area (Å²) in [6, 6.07) is 15.3. The van der Waals surface area contributed by atoms with Crippen LogP contribution in [-0.2, 0) is 9.84 Å². The van der Waals surface area contributed by atoms with Crippen LogP contribution in [0.2, 0.25) is 0 Å². The lowest BCUT2D eigenvalue weighted by molar-refractivity contribution is 0.108. The topological polar surface area (TPSA) is 63.6 Å². The summed E-state index contributed by atoms with van der Waals surface area (Å²) in [5.74, 6) is 0.521. The largest absolute Gasteiger partial charge is 0.491 e. The Morgan fingerprint density at radius 1 is 1.05 bits per heavy atom. The van der Waals surface area contributed by atoms with Gasteiger partial charge in [-0.05, 0) is 29.8 Å². The number of rotatable bonds is 5. The number of aliphatic hydroxyl groups is 1. The first-order valence-corrected chi connectivity index (χ1v) is 8.02. The Morgan fingerprint density at radius 2 is 1.65 bits per heavy atom. The van der Waals surface area contributed by atoms with E-state index >= 15 is 0 Å². The van der Waals surface area contributed by atoms with Crippen molar-refractivity contribution >= 4 is 9.84 Å². The fraction of sp³-hybridized carbons (Fsp3) is 0.200. The first-order chi connectivity index (χ1) is 9.47. The van der Waals surface area contributed by atoms with E-state index in [9.17, 15) is 13.5 Å². The Bertz CT molecular complexity index is 648. The Labute approximate surface area is 118 Å². The molecule has 1 unspecified atom stereocenters. The highest BCUT2D eigenvalue weighted by Crippen LogP contribution is 2.18. The van der Waals surface area contributed by atoms with Gasteiger partial charge in [0.05, 0.1) is 4.90 Å². The predicted octanol–water partition coefficient (Wildman–Crippen LogP) is 2.20. The van der Waals surface area contributed by atoms with Crippen LogP contribution < -0.4 is 4.74 Å². The van der Waals surface area contributed by atoms with Crippen molar-refractivity contribution < 1.29 is 18.3 Å². The Morgan fingerprint density at radius 3 is 2.20 bits per heavy atom. The fourth-order valence-electron chi connectivity index (χ4n) is 1.73. The van der Waals surface area contributed by atoms with Gasteiger partial charge in [0.1, 0.15) is 18.5 Å². The molecule has 2 rings (SSSR count). The van der Waals surface area contributed by atoms with Crippen LogP contribution in [0.3, 0.4) is 0 Å². The molecular weight excluding hydrogens is 276 g/mol. The molecular formula is C15H16O4S. The zero-order chi connectivity index (χ0) is 14.6. The first kappa shape index (κ1) is 14.6. The molecule has 1 atom stereocenters.